The van der Waals surface area contributed by atoms with Gasteiger partial charge in [-0.3, -0.25) is 10.7 Å². The Kier molecular flexibility index (Phi) is 6.52. The lowest BCUT2D eigenvalue weighted by Crippen LogP contribution is -2.79. The van der Waals surface area contributed by atoms with Gasteiger partial charge in [0.1, 0.15) is 0 Å². The third kappa shape index (κ3) is 6.54. The lowest BCUT2D eigenvalue weighted by Gasteiger charge is -2.03. The fraction of sp³-hybridized carbons (Fsp3) is 0.714. The van der Waals surface area contributed by atoms with Crippen molar-refractivity contribution < 1.29 is 25.3 Å². The monoisotopic (exact) mass is 235 g/mol. The first kappa shape index (κ1) is 14.1. The molecule has 0 aromatic rings. The second kappa shape index (κ2) is 7.40. The molecule has 0 bridgehead atoms. The Hall–Kier alpha value is -1.90. The summed E-state index contributed by atoms with van der Waals surface area (Å²) in [5.41, 5.74) is 10.6. The van der Waals surface area contributed by atoms with Gasteiger partial charge in [0.2, 0.25) is 5.03 Å². The molecule has 0 rings (SSSR count). The van der Waals surface area contributed by atoms with Crippen LogP contribution in [0.4, 0.5) is 0 Å². The molecular weight excluding hydrogens is 218 g/mol. The van der Waals surface area contributed by atoms with Gasteiger partial charge in [0.25, 0.3) is 0 Å². The fourth-order valence-corrected chi connectivity index (χ4v) is 0.994. The maximum atomic E-state index is 10.9. The lowest BCUT2D eigenvalue weighted by atomic mass is 10.2. The van der Waals surface area contributed by atoms with Crippen LogP contribution in [0, 0.1) is 10.1 Å². The second-order valence-corrected chi connectivity index (χ2v) is 3.07. The van der Waals surface area contributed by atoms with Crippen molar-refractivity contribution in [2.45, 2.75) is 18.9 Å². The first-order chi connectivity index (χ1) is 7.47. The molecule has 1 atom stereocenters. The first-order valence-electron chi connectivity index (χ1n) is 4.65. The third-order valence-corrected chi connectivity index (χ3v) is 1.79. The minimum Gasteiger partial charge on any atom is -0.465 e. The number of nitrogens with one attached hydrogen (secondary N) is 2. The normalized spacial score (nSPS) is 13.0. The van der Waals surface area contributed by atoms with Gasteiger partial charge in [-0.2, -0.15) is 0 Å². The van der Waals surface area contributed by atoms with E-state index < -0.39 is 11.1 Å². The van der Waals surface area contributed by atoms with E-state index in [1.54, 1.807) is 5.43 Å². The number of methoxy groups -OCH3 is 1. The summed E-state index contributed by atoms with van der Waals surface area (Å²) < 4.78 is 4.49. The van der Waals surface area contributed by atoms with Crippen molar-refractivity contribution in [3.8, 4) is 0 Å². The number of nitro groups is 1. The van der Waals surface area contributed by atoms with Gasteiger partial charge in [-0.1, -0.05) is 0 Å². The molecular formula is C7H17N5O4+2. The Morgan fingerprint density at radius 2 is 2.38 bits per heavy atom. The molecule has 0 saturated carbocycles. The molecule has 9 nitrogen and oxygen atoms in total. The summed E-state index contributed by atoms with van der Waals surface area (Å²) in [6, 6.07) is -0.434. The van der Waals surface area contributed by atoms with Crippen molar-refractivity contribution in [2.75, 3.05) is 13.7 Å². The average Bonchev–Trinajstić information content (AvgIpc) is 2.21. The van der Waals surface area contributed by atoms with Crippen molar-refractivity contribution in [1.29, 1.82) is 0 Å². The zero-order chi connectivity index (χ0) is 12.6. The largest absolute Gasteiger partial charge is 0.465 e. The Morgan fingerprint density at radius 3 is 2.88 bits per heavy atom. The number of hydrogen-bond acceptors (Lipinski definition) is 4. The zero-order valence-electron chi connectivity index (χ0n) is 9.06. The molecule has 0 aromatic carbocycles. The first-order valence-corrected chi connectivity index (χ1v) is 4.65. The van der Waals surface area contributed by atoms with Crippen LogP contribution in [0.25, 0.3) is 0 Å². The number of ether oxygens (including phenoxy) is 1. The van der Waals surface area contributed by atoms with Gasteiger partial charge in [-0.25, -0.2) is 14.9 Å². The molecule has 0 radical (unpaired) electrons. The number of hydrogen-bond donors (Lipinski definition) is 4. The molecule has 0 fully saturated rings. The average molecular weight is 235 g/mol. The molecule has 0 heterocycles. The van der Waals surface area contributed by atoms with E-state index in [9.17, 15) is 14.9 Å². The van der Waals surface area contributed by atoms with Crippen LogP contribution in [0.5, 0.6) is 0 Å². The van der Waals surface area contributed by atoms with Gasteiger partial charge >= 0.3 is 11.9 Å². The molecule has 92 valence electrons. The number of nitrogens with two attached hydrogens (primary N) is 1. The van der Waals surface area contributed by atoms with E-state index in [4.69, 9.17) is 5.73 Å². The number of rotatable bonds is 6. The van der Waals surface area contributed by atoms with Crippen LogP contribution >= 0.6 is 0 Å². The molecule has 16 heavy (non-hydrogen) atoms. The highest BCUT2D eigenvalue weighted by atomic mass is 16.7. The van der Waals surface area contributed by atoms with Crippen LogP contribution < -0.4 is 21.9 Å². The topological polar surface area (TPSA) is 149 Å². The number of carbonyl (C=O) groups is 1. The molecule has 0 aromatic heterocycles. The molecule has 0 aliphatic heterocycles. The predicted octanol–water partition coefficient (Wildman–Crippen LogP) is -4.27. The third-order valence-electron chi connectivity index (χ3n) is 1.79. The summed E-state index contributed by atoms with van der Waals surface area (Å²) >= 11 is 0. The molecule has 0 amide bonds. The van der Waals surface area contributed by atoms with Gasteiger partial charge in [0, 0.05) is 11.8 Å². The van der Waals surface area contributed by atoms with Crippen LogP contribution in [0.2, 0.25) is 0 Å². The molecule has 0 unspecified atom stereocenters. The zero-order valence-corrected chi connectivity index (χ0v) is 9.06. The van der Waals surface area contributed by atoms with E-state index in [0.717, 1.165) is 0 Å². The molecule has 0 spiro atoms. The summed E-state index contributed by atoms with van der Waals surface area (Å²) in [4.78, 5) is 23.5. The molecule has 0 aliphatic carbocycles. The maximum absolute atomic E-state index is 10.9. The summed E-state index contributed by atoms with van der Waals surface area (Å²) in [7, 11) is 1.30. The molecule has 9 heteroatoms. The highest BCUT2D eigenvalue weighted by Gasteiger charge is 2.16. The maximum Gasteiger partial charge on any atom is 0.403 e. The Morgan fingerprint density at radius 1 is 1.75 bits per heavy atom. The standard InChI is InChI=1S/C7H15N5O4/c1-16-6(13)5(8)3-2-4-10-7(9)11-12(14)15/h5H,2-4,8H2,1H3,(H3,9,10,11)/p+2/t5-/m1/s1. The number of esters is 1. The summed E-state index contributed by atoms with van der Waals surface area (Å²) in [5.74, 6) is -0.510. The number of hydrazine groups is 1. The summed E-state index contributed by atoms with van der Waals surface area (Å²) in [5, 5.41) is 9.20. The molecule has 7 N–H and O–H groups in total. The molecule has 0 saturated heterocycles. The van der Waals surface area contributed by atoms with Crippen molar-refractivity contribution in [3.05, 3.63) is 10.1 Å². The van der Waals surface area contributed by atoms with Gasteiger partial charge < -0.3 is 10.5 Å². The van der Waals surface area contributed by atoms with E-state index in [0.29, 0.717) is 19.4 Å². The van der Waals surface area contributed by atoms with Crippen LogP contribution in [-0.2, 0) is 9.53 Å². The Bertz CT molecular complexity index is 280. The second-order valence-electron chi connectivity index (χ2n) is 3.07. The Labute approximate surface area is 92.0 Å². The van der Waals surface area contributed by atoms with E-state index in [1.807, 2.05) is 0 Å². The fourth-order valence-electron chi connectivity index (χ4n) is 0.994. The van der Waals surface area contributed by atoms with Crippen LogP contribution in [-0.4, -0.2) is 36.7 Å². The van der Waals surface area contributed by atoms with E-state index in [-0.39, 0.29) is 11.9 Å². The highest BCUT2D eigenvalue weighted by Crippen LogP contribution is 1.91. The van der Waals surface area contributed by atoms with E-state index >= 15 is 0 Å². The number of nitrogens with zero attached hydrogens (tertiary/aromatic N) is 1. The number of carbonyl (C=O) groups excluding carboxylic acids is 1. The van der Waals surface area contributed by atoms with Crippen LogP contribution in [0.3, 0.4) is 0 Å². The highest BCUT2D eigenvalue weighted by molar-refractivity contribution is 5.73. The van der Waals surface area contributed by atoms with Crippen molar-refractivity contribution in [3.63, 3.8) is 0 Å². The lowest BCUT2D eigenvalue weighted by molar-refractivity contribution is -0.547. The quantitative estimate of drug-likeness (QED) is 0.0914. The van der Waals surface area contributed by atoms with Gasteiger partial charge in [-0.05, 0) is 6.42 Å². The molecule has 0 aliphatic rings. The number of quaternary nitrogens is 1. The summed E-state index contributed by atoms with van der Waals surface area (Å²) in [6.07, 6.45) is 1.12. The van der Waals surface area contributed by atoms with Gasteiger partial charge in [0.05, 0.1) is 13.7 Å². The van der Waals surface area contributed by atoms with Gasteiger partial charge in [-0.15, -0.1) is 0 Å². The minimum atomic E-state index is -0.763. The van der Waals surface area contributed by atoms with Crippen LogP contribution in [0.15, 0.2) is 0 Å². The minimum absolute atomic E-state index is 0.135. The van der Waals surface area contributed by atoms with Crippen molar-refractivity contribution in [1.82, 2.24) is 5.43 Å². The number of guanidine groups is 1. The van der Waals surface area contributed by atoms with E-state index in [1.165, 1.54) is 7.11 Å². The van der Waals surface area contributed by atoms with Crippen LogP contribution in [0.1, 0.15) is 12.8 Å². The van der Waals surface area contributed by atoms with Crippen molar-refractivity contribution >= 4 is 11.9 Å². The van der Waals surface area contributed by atoms with E-state index in [2.05, 4.69) is 15.5 Å². The SMILES string of the molecule is COC(=O)[C@H]([NH3+])CCC[NH+]=C(N)N[N+](=O)[O-]. The summed E-state index contributed by atoms with van der Waals surface area (Å²) in [6.45, 7) is 0.412. The van der Waals surface area contributed by atoms with Crippen molar-refractivity contribution in [2.24, 2.45) is 5.73 Å². The smallest absolute Gasteiger partial charge is 0.403 e. The van der Waals surface area contributed by atoms with Gasteiger partial charge in [0.15, 0.2) is 6.04 Å². The predicted molar refractivity (Wildman–Crippen MR) is 53.1 cm³/mol. The Balaban J connectivity index is 3.74.